The number of fused-ring (bicyclic) bond motifs is 12. The largest absolute Gasteiger partial charge is 0.308 e. The summed E-state index contributed by atoms with van der Waals surface area (Å²) in [6.07, 6.45) is 0. The fraction of sp³-hybridized carbons (Fsp3) is 0.0588. The van der Waals surface area contributed by atoms with Crippen LogP contribution in [0, 0.1) is 0 Å². The zero-order chi connectivity index (χ0) is 36.2. The van der Waals surface area contributed by atoms with Crippen LogP contribution < -0.4 is 0 Å². The molecule has 4 aromatic heterocycles. The molecular weight excluding hydrogens is 669 g/mol. The number of nitrogens with zero attached hydrogens (tertiary/aromatic N) is 4. The van der Waals surface area contributed by atoms with Crippen molar-refractivity contribution in [1.29, 1.82) is 0 Å². The highest BCUT2D eigenvalue weighted by Crippen LogP contribution is 2.55. The lowest BCUT2D eigenvalue weighted by Crippen LogP contribution is -2.14. The Morgan fingerprint density at radius 1 is 0.491 bits per heavy atom. The second kappa shape index (κ2) is 10.1. The van der Waals surface area contributed by atoms with E-state index in [0.29, 0.717) is 0 Å². The Morgan fingerprint density at radius 3 is 2.07 bits per heavy atom. The summed E-state index contributed by atoms with van der Waals surface area (Å²) in [5.41, 5.74) is 14.9. The monoisotopic (exact) mass is 700 g/mol. The molecule has 4 heteroatoms. The van der Waals surface area contributed by atoms with Gasteiger partial charge in [-0.3, -0.25) is 4.57 Å². The van der Waals surface area contributed by atoms with Crippen molar-refractivity contribution in [2.75, 3.05) is 0 Å². The molecule has 55 heavy (non-hydrogen) atoms. The van der Waals surface area contributed by atoms with Gasteiger partial charge in [0.1, 0.15) is 5.69 Å². The van der Waals surface area contributed by atoms with Crippen LogP contribution in [0.3, 0.4) is 0 Å². The molecule has 256 valence electrons. The van der Waals surface area contributed by atoms with E-state index < -0.39 is 0 Å². The van der Waals surface area contributed by atoms with E-state index >= 15 is 0 Å². The first-order chi connectivity index (χ1) is 27.1. The number of rotatable bonds is 2. The summed E-state index contributed by atoms with van der Waals surface area (Å²) in [6, 6.07) is 57.5. The average molecular weight is 701 g/mol. The molecule has 4 nitrogen and oxygen atoms in total. The molecule has 0 bridgehead atoms. The standard InChI is InChI=1S/C51H32N4/c1-51(2)36-21-10-8-19-33(36)43-37(51)28-35-32-18-9-11-22-39(32)54-41-24-13-25-42-46(41)44-34(45(43)49(35)54)20-12-23-40(44)55(42)50-47(30-15-4-3-5-16-30)52-38-27-26-29-14-6-7-17-31(29)48(38)53-50/h3-28H,1-2H3. The summed E-state index contributed by atoms with van der Waals surface area (Å²) < 4.78 is 4.95. The maximum atomic E-state index is 5.65. The van der Waals surface area contributed by atoms with Crippen molar-refractivity contribution in [3.63, 3.8) is 0 Å². The lowest BCUT2D eigenvalue weighted by atomic mass is 9.81. The van der Waals surface area contributed by atoms with Crippen molar-refractivity contribution in [3.8, 4) is 28.2 Å². The van der Waals surface area contributed by atoms with Gasteiger partial charge in [0.2, 0.25) is 0 Å². The molecule has 0 aliphatic heterocycles. The summed E-state index contributed by atoms with van der Waals surface area (Å²) in [6.45, 7) is 4.78. The minimum atomic E-state index is -0.151. The Morgan fingerprint density at radius 2 is 1.18 bits per heavy atom. The molecule has 0 radical (unpaired) electrons. The first-order valence-electron chi connectivity index (χ1n) is 19.1. The SMILES string of the molecule is CC1(C)c2ccccc2-c2c1cc1c3ccccc3n3c4cccc5c4c4c(cccc4n5-c4nc5c(ccc6ccccc65)nc4-c4ccccc4)c2c13. The highest BCUT2D eigenvalue weighted by molar-refractivity contribution is 6.34. The van der Waals surface area contributed by atoms with Gasteiger partial charge in [-0.25, -0.2) is 9.97 Å². The average Bonchev–Trinajstić information content (AvgIpc) is 3.79. The van der Waals surface area contributed by atoms with E-state index in [4.69, 9.17) is 9.97 Å². The van der Waals surface area contributed by atoms with Gasteiger partial charge in [-0.15, -0.1) is 0 Å². The normalized spacial score (nSPS) is 13.8. The van der Waals surface area contributed by atoms with E-state index in [1.807, 2.05) is 0 Å². The van der Waals surface area contributed by atoms with E-state index in [0.717, 1.165) is 49.9 Å². The molecule has 0 atom stereocenters. The van der Waals surface area contributed by atoms with Crippen LogP contribution in [0.1, 0.15) is 25.0 Å². The molecule has 0 saturated heterocycles. The smallest absolute Gasteiger partial charge is 0.165 e. The molecule has 0 spiro atoms. The third-order valence-electron chi connectivity index (χ3n) is 12.6. The van der Waals surface area contributed by atoms with Crippen molar-refractivity contribution in [2.45, 2.75) is 19.3 Å². The van der Waals surface area contributed by atoms with E-state index in [9.17, 15) is 0 Å². The van der Waals surface area contributed by atoms with Gasteiger partial charge in [0.15, 0.2) is 5.82 Å². The van der Waals surface area contributed by atoms with Gasteiger partial charge >= 0.3 is 0 Å². The van der Waals surface area contributed by atoms with E-state index in [1.165, 1.54) is 71.1 Å². The van der Waals surface area contributed by atoms with Gasteiger partial charge in [0.25, 0.3) is 0 Å². The maximum absolute atomic E-state index is 5.65. The molecule has 12 aromatic rings. The first kappa shape index (κ1) is 29.4. The van der Waals surface area contributed by atoms with Crippen LogP contribution >= 0.6 is 0 Å². The van der Waals surface area contributed by atoms with Gasteiger partial charge in [-0.2, -0.15) is 0 Å². The minimum absolute atomic E-state index is 0.151. The summed E-state index contributed by atoms with van der Waals surface area (Å²) >= 11 is 0. The third-order valence-corrected chi connectivity index (χ3v) is 12.6. The zero-order valence-electron chi connectivity index (χ0n) is 30.3. The van der Waals surface area contributed by atoms with Gasteiger partial charge in [0.05, 0.1) is 38.6 Å². The van der Waals surface area contributed by atoms with Crippen LogP contribution in [-0.4, -0.2) is 18.9 Å². The summed E-state index contributed by atoms with van der Waals surface area (Å²) in [5, 5.41) is 9.87. The Labute approximate surface area is 315 Å². The number of benzene rings is 8. The Bertz CT molecular complexity index is 3620. The minimum Gasteiger partial charge on any atom is -0.308 e. The molecule has 1 aliphatic carbocycles. The number of para-hydroxylation sites is 1. The van der Waals surface area contributed by atoms with Crippen LogP contribution in [-0.2, 0) is 5.41 Å². The van der Waals surface area contributed by atoms with Crippen molar-refractivity contribution in [1.82, 2.24) is 18.9 Å². The summed E-state index contributed by atoms with van der Waals surface area (Å²) in [4.78, 5) is 11.1. The van der Waals surface area contributed by atoms with Gasteiger partial charge in [0, 0.05) is 43.3 Å². The van der Waals surface area contributed by atoms with Crippen LogP contribution in [0.15, 0.2) is 158 Å². The number of hydrogen-bond acceptors (Lipinski definition) is 2. The Hall–Kier alpha value is -7.04. The molecule has 0 amide bonds. The van der Waals surface area contributed by atoms with E-state index in [1.54, 1.807) is 0 Å². The molecule has 0 fully saturated rings. The van der Waals surface area contributed by atoms with Crippen LogP contribution in [0.2, 0.25) is 0 Å². The molecule has 0 unspecified atom stereocenters. The fourth-order valence-electron chi connectivity index (χ4n) is 10.2. The zero-order valence-corrected chi connectivity index (χ0v) is 30.3. The van der Waals surface area contributed by atoms with E-state index in [2.05, 4.69) is 181 Å². The molecule has 0 N–H and O–H groups in total. The highest BCUT2D eigenvalue weighted by Gasteiger charge is 2.38. The van der Waals surface area contributed by atoms with Crippen molar-refractivity contribution < 1.29 is 0 Å². The number of aromatic nitrogens is 4. The maximum Gasteiger partial charge on any atom is 0.165 e. The summed E-state index contributed by atoms with van der Waals surface area (Å²) in [5.74, 6) is 0.831. The second-order valence-electron chi connectivity index (χ2n) is 15.7. The van der Waals surface area contributed by atoms with Gasteiger partial charge in [-0.05, 0) is 69.4 Å². The van der Waals surface area contributed by atoms with Crippen LogP contribution in [0.5, 0.6) is 0 Å². The lowest BCUT2D eigenvalue weighted by Gasteiger charge is -2.21. The molecule has 8 aromatic carbocycles. The highest BCUT2D eigenvalue weighted by atomic mass is 15.1. The van der Waals surface area contributed by atoms with Crippen LogP contribution in [0.4, 0.5) is 0 Å². The fourth-order valence-corrected chi connectivity index (χ4v) is 10.2. The Balaban J connectivity index is 1.30. The van der Waals surface area contributed by atoms with Crippen molar-refractivity contribution in [3.05, 3.63) is 169 Å². The third kappa shape index (κ3) is 3.57. The Kier molecular flexibility index (Phi) is 5.42. The summed E-state index contributed by atoms with van der Waals surface area (Å²) in [7, 11) is 0. The molecule has 1 aliphatic rings. The molecule has 13 rings (SSSR count). The molecule has 4 heterocycles. The van der Waals surface area contributed by atoms with Gasteiger partial charge < -0.3 is 4.40 Å². The molecule has 0 saturated carbocycles. The van der Waals surface area contributed by atoms with Crippen molar-refractivity contribution >= 4 is 81.7 Å². The first-order valence-corrected chi connectivity index (χ1v) is 19.1. The predicted molar refractivity (Wildman–Crippen MR) is 229 cm³/mol. The lowest BCUT2D eigenvalue weighted by molar-refractivity contribution is 0.661. The van der Waals surface area contributed by atoms with Crippen LogP contribution in [0.25, 0.3) is 110 Å². The number of hydrogen-bond donors (Lipinski definition) is 0. The molecular formula is C51H32N4. The predicted octanol–water partition coefficient (Wildman–Crippen LogP) is 13.0. The van der Waals surface area contributed by atoms with Gasteiger partial charge in [-0.1, -0.05) is 135 Å². The van der Waals surface area contributed by atoms with Crippen molar-refractivity contribution in [2.24, 2.45) is 0 Å². The van der Waals surface area contributed by atoms with E-state index in [-0.39, 0.29) is 5.41 Å². The topological polar surface area (TPSA) is 35.1 Å². The second-order valence-corrected chi connectivity index (χ2v) is 15.7. The quantitative estimate of drug-likeness (QED) is 0.168.